The third kappa shape index (κ3) is 8.60. The van der Waals surface area contributed by atoms with Crippen LogP contribution in [-0.2, 0) is 17.9 Å². The average Bonchev–Trinajstić information content (AvgIpc) is 3.21. The van der Waals surface area contributed by atoms with Gasteiger partial charge in [-0.2, -0.15) is 0 Å². The Bertz CT molecular complexity index is 907. The molecule has 2 aromatic carbocycles. The van der Waals surface area contributed by atoms with Gasteiger partial charge in [-0.15, -0.1) is 24.0 Å². The Morgan fingerprint density at radius 2 is 1.82 bits per heavy atom. The Hall–Kier alpha value is -2.17. The van der Waals surface area contributed by atoms with Crippen molar-refractivity contribution >= 4 is 35.8 Å². The van der Waals surface area contributed by atoms with E-state index in [0.29, 0.717) is 19.0 Å². The van der Waals surface area contributed by atoms with Crippen LogP contribution in [0, 0.1) is 0 Å². The zero-order valence-electron chi connectivity index (χ0n) is 19.7. The number of aliphatic hydroxyl groups excluding tert-OH is 1. The standard InChI is InChI=1S/C25H35N5O2.HI/c1-19(20-9-5-4-6-10-20)28-25(27-16-24(32)29(2)3)26-15-21-11-7-8-12-22(21)17-30-14-13-23(31)18-30;/h4-12,19,23,31H,13-18H2,1-3H3,(H2,26,27,28);1H. The van der Waals surface area contributed by atoms with Gasteiger partial charge in [-0.05, 0) is 30.0 Å². The molecule has 1 aliphatic rings. The first-order chi connectivity index (χ1) is 15.4. The van der Waals surface area contributed by atoms with E-state index in [2.05, 4.69) is 46.7 Å². The highest BCUT2D eigenvalue weighted by Crippen LogP contribution is 2.17. The molecular formula is C25H36IN5O2. The molecule has 1 aliphatic heterocycles. The number of amides is 1. The molecule has 0 bridgehead atoms. The predicted octanol–water partition coefficient (Wildman–Crippen LogP) is 2.76. The van der Waals surface area contributed by atoms with Gasteiger partial charge in [0.15, 0.2) is 5.96 Å². The molecule has 2 atom stereocenters. The number of aliphatic hydroxyl groups is 1. The average molecular weight is 566 g/mol. The van der Waals surface area contributed by atoms with Crippen LogP contribution in [0.15, 0.2) is 59.6 Å². The number of aliphatic imine (C=N–C) groups is 1. The van der Waals surface area contributed by atoms with Gasteiger partial charge in [-0.3, -0.25) is 9.69 Å². The largest absolute Gasteiger partial charge is 0.392 e. The van der Waals surface area contributed by atoms with Crippen LogP contribution in [0.3, 0.4) is 0 Å². The third-order valence-electron chi connectivity index (χ3n) is 5.73. The van der Waals surface area contributed by atoms with E-state index in [1.807, 2.05) is 30.3 Å². The second kappa shape index (κ2) is 13.5. The zero-order chi connectivity index (χ0) is 22.9. The number of likely N-dealkylation sites (tertiary alicyclic amines) is 1. The third-order valence-corrected chi connectivity index (χ3v) is 5.73. The molecule has 0 spiro atoms. The minimum atomic E-state index is -0.228. The van der Waals surface area contributed by atoms with Crippen LogP contribution in [0.25, 0.3) is 0 Å². The van der Waals surface area contributed by atoms with Gasteiger partial charge >= 0.3 is 0 Å². The van der Waals surface area contributed by atoms with Gasteiger partial charge in [0, 0.05) is 33.7 Å². The molecule has 8 heteroatoms. The van der Waals surface area contributed by atoms with Crippen LogP contribution in [0.2, 0.25) is 0 Å². The molecule has 0 aliphatic carbocycles. The lowest BCUT2D eigenvalue weighted by Crippen LogP contribution is -2.43. The van der Waals surface area contributed by atoms with E-state index in [1.165, 1.54) is 5.56 Å². The first kappa shape index (κ1) is 27.1. The molecule has 2 aromatic rings. The summed E-state index contributed by atoms with van der Waals surface area (Å²) in [7, 11) is 3.48. The molecule has 3 N–H and O–H groups in total. The Balaban J connectivity index is 0.00000385. The van der Waals surface area contributed by atoms with Gasteiger partial charge < -0.3 is 20.6 Å². The van der Waals surface area contributed by atoms with Crippen molar-refractivity contribution in [2.75, 3.05) is 33.7 Å². The normalized spacial score (nSPS) is 17.2. The highest BCUT2D eigenvalue weighted by Gasteiger charge is 2.20. The number of halogens is 1. The summed E-state index contributed by atoms with van der Waals surface area (Å²) >= 11 is 0. The number of nitrogens with zero attached hydrogens (tertiary/aromatic N) is 3. The van der Waals surface area contributed by atoms with E-state index in [0.717, 1.165) is 30.6 Å². The van der Waals surface area contributed by atoms with Gasteiger partial charge in [-0.1, -0.05) is 54.6 Å². The van der Waals surface area contributed by atoms with Crippen LogP contribution >= 0.6 is 24.0 Å². The summed E-state index contributed by atoms with van der Waals surface area (Å²) in [6.07, 6.45) is 0.601. The minimum absolute atomic E-state index is 0. The summed E-state index contributed by atoms with van der Waals surface area (Å²) in [4.78, 5) is 20.7. The van der Waals surface area contributed by atoms with Gasteiger partial charge in [0.1, 0.15) is 0 Å². The van der Waals surface area contributed by atoms with Crippen molar-refractivity contribution in [2.24, 2.45) is 4.99 Å². The Labute approximate surface area is 214 Å². The molecule has 1 heterocycles. The number of carbonyl (C=O) groups is 1. The molecule has 1 amide bonds. The number of rotatable bonds is 8. The number of likely N-dealkylation sites (N-methyl/N-ethyl adjacent to an activating group) is 1. The molecule has 180 valence electrons. The van der Waals surface area contributed by atoms with Crippen molar-refractivity contribution in [2.45, 2.75) is 38.6 Å². The van der Waals surface area contributed by atoms with Crippen molar-refractivity contribution in [1.82, 2.24) is 20.4 Å². The van der Waals surface area contributed by atoms with Crippen LogP contribution in [0.5, 0.6) is 0 Å². The number of nitrogens with one attached hydrogen (secondary N) is 2. The van der Waals surface area contributed by atoms with Crippen LogP contribution in [-0.4, -0.2) is 66.6 Å². The number of β-amino-alcohol motifs (C(OH)–C–C–N with tert-alkyl or cyclic N) is 1. The number of guanidine groups is 1. The van der Waals surface area contributed by atoms with E-state index in [9.17, 15) is 9.90 Å². The second-order valence-corrected chi connectivity index (χ2v) is 8.53. The lowest BCUT2D eigenvalue weighted by Gasteiger charge is -2.20. The topological polar surface area (TPSA) is 80.2 Å². The fourth-order valence-electron chi connectivity index (χ4n) is 3.73. The monoisotopic (exact) mass is 565 g/mol. The smallest absolute Gasteiger partial charge is 0.241 e. The Morgan fingerprint density at radius 1 is 1.15 bits per heavy atom. The summed E-state index contributed by atoms with van der Waals surface area (Å²) in [5.74, 6) is 0.586. The van der Waals surface area contributed by atoms with E-state index in [-0.39, 0.29) is 48.6 Å². The van der Waals surface area contributed by atoms with Crippen molar-refractivity contribution in [3.05, 3.63) is 71.3 Å². The summed E-state index contributed by atoms with van der Waals surface area (Å²) in [5.41, 5.74) is 3.50. The SMILES string of the molecule is CC(NC(=NCc1ccccc1CN1CCC(O)C1)NCC(=O)N(C)C)c1ccccc1.I. The zero-order valence-corrected chi connectivity index (χ0v) is 22.0. The van der Waals surface area contributed by atoms with Gasteiger partial charge in [0.2, 0.25) is 5.91 Å². The summed E-state index contributed by atoms with van der Waals surface area (Å²) < 4.78 is 0. The molecule has 0 saturated carbocycles. The van der Waals surface area contributed by atoms with E-state index < -0.39 is 0 Å². The lowest BCUT2D eigenvalue weighted by atomic mass is 10.1. The van der Waals surface area contributed by atoms with Crippen molar-refractivity contribution in [3.63, 3.8) is 0 Å². The Morgan fingerprint density at radius 3 is 2.45 bits per heavy atom. The fourth-order valence-corrected chi connectivity index (χ4v) is 3.73. The van der Waals surface area contributed by atoms with Crippen molar-refractivity contribution in [1.29, 1.82) is 0 Å². The van der Waals surface area contributed by atoms with Crippen LogP contribution in [0.4, 0.5) is 0 Å². The molecular weight excluding hydrogens is 529 g/mol. The van der Waals surface area contributed by atoms with Gasteiger partial charge in [-0.25, -0.2) is 4.99 Å². The van der Waals surface area contributed by atoms with Crippen LogP contribution < -0.4 is 10.6 Å². The molecule has 1 saturated heterocycles. The molecule has 1 fully saturated rings. The second-order valence-electron chi connectivity index (χ2n) is 8.53. The number of hydrogen-bond acceptors (Lipinski definition) is 4. The number of carbonyl (C=O) groups excluding carboxylic acids is 1. The summed E-state index contributed by atoms with van der Waals surface area (Å²) in [6, 6.07) is 18.5. The van der Waals surface area contributed by atoms with Crippen molar-refractivity contribution in [3.8, 4) is 0 Å². The Kier molecular flexibility index (Phi) is 11.1. The summed E-state index contributed by atoms with van der Waals surface area (Å²) in [6.45, 7) is 5.18. The van der Waals surface area contributed by atoms with Gasteiger partial charge in [0.25, 0.3) is 0 Å². The molecule has 33 heavy (non-hydrogen) atoms. The quantitative estimate of drug-likeness (QED) is 0.261. The molecule has 2 unspecified atom stereocenters. The highest BCUT2D eigenvalue weighted by molar-refractivity contribution is 14.0. The maximum atomic E-state index is 12.1. The van der Waals surface area contributed by atoms with E-state index in [1.54, 1.807) is 19.0 Å². The lowest BCUT2D eigenvalue weighted by molar-refractivity contribution is -0.127. The molecule has 0 aromatic heterocycles. The minimum Gasteiger partial charge on any atom is -0.392 e. The maximum absolute atomic E-state index is 12.1. The first-order valence-electron chi connectivity index (χ1n) is 11.2. The molecule has 7 nitrogen and oxygen atoms in total. The number of benzene rings is 2. The van der Waals surface area contributed by atoms with E-state index in [4.69, 9.17) is 4.99 Å². The maximum Gasteiger partial charge on any atom is 0.241 e. The summed E-state index contributed by atoms with van der Waals surface area (Å²) in [5, 5.41) is 16.4. The van der Waals surface area contributed by atoms with Crippen molar-refractivity contribution < 1.29 is 9.90 Å². The predicted molar refractivity (Wildman–Crippen MR) is 144 cm³/mol. The van der Waals surface area contributed by atoms with Gasteiger partial charge in [0.05, 0.1) is 25.2 Å². The molecule has 0 radical (unpaired) electrons. The van der Waals surface area contributed by atoms with Crippen LogP contribution in [0.1, 0.15) is 36.1 Å². The van der Waals surface area contributed by atoms with E-state index >= 15 is 0 Å². The highest BCUT2D eigenvalue weighted by atomic mass is 127. The molecule has 3 rings (SSSR count). The number of hydrogen-bond donors (Lipinski definition) is 3. The fraction of sp³-hybridized carbons (Fsp3) is 0.440. The first-order valence-corrected chi connectivity index (χ1v) is 11.2.